The number of H-pyrrole nitrogens is 1. The predicted molar refractivity (Wildman–Crippen MR) is 126 cm³/mol. The van der Waals surface area contributed by atoms with Gasteiger partial charge in [-0.2, -0.15) is 5.10 Å². The van der Waals surface area contributed by atoms with E-state index in [0.29, 0.717) is 52.9 Å². The molecule has 1 atom stereocenters. The van der Waals surface area contributed by atoms with Gasteiger partial charge in [0, 0.05) is 24.8 Å². The third-order valence-corrected chi connectivity index (χ3v) is 6.10. The number of methoxy groups -OCH3 is 4. The summed E-state index contributed by atoms with van der Waals surface area (Å²) in [7, 11) is 6.23. The number of aryl methyl sites for hydroxylation is 2. The molecule has 2 N–H and O–H groups in total. The van der Waals surface area contributed by atoms with Crippen LogP contribution in [-0.2, 0) is 4.74 Å². The molecule has 0 saturated heterocycles. The molecule has 0 saturated carbocycles. The van der Waals surface area contributed by atoms with E-state index in [9.17, 15) is 9.90 Å². The van der Waals surface area contributed by atoms with Gasteiger partial charge in [-0.3, -0.25) is 9.89 Å². The normalized spacial score (nSPS) is 14.9. The topological polar surface area (TPSA) is 106 Å². The molecule has 9 heteroatoms. The number of benzene rings is 2. The van der Waals surface area contributed by atoms with Gasteiger partial charge in [0.05, 0.1) is 34.0 Å². The molecule has 2 heterocycles. The van der Waals surface area contributed by atoms with Crippen LogP contribution in [0.3, 0.4) is 0 Å². The highest BCUT2D eigenvalue weighted by Crippen LogP contribution is 2.48. The molecule has 0 fully saturated rings. The number of fused-ring (bicyclic) bond motifs is 1. The minimum Gasteiger partial charge on any atom is -0.507 e. The number of aromatic amines is 1. The van der Waals surface area contributed by atoms with E-state index in [2.05, 4.69) is 10.2 Å². The smallest absolute Gasteiger partial charge is 0.273 e. The highest BCUT2D eigenvalue weighted by atomic mass is 16.5. The van der Waals surface area contributed by atoms with Crippen molar-refractivity contribution in [3.8, 4) is 34.3 Å². The van der Waals surface area contributed by atoms with Crippen LogP contribution < -0.4 is 14.2 Å². The van der Waals surface area contributed by atoms with Gasteiger partial charge in [-0.1, -0.05) is 6.07 Å². The van der Waals surface area contributed by atoms with Crippen LogP contribution in [0.25, 0.3) is 11.3 Å². The van der Waals surface area contributed by atoms with Crippen LogP contribution in [0.4, 0.5) is 0 Å². The molecule has 1 aromatic heterocycles. The summed E-state index contributed by atoms with van der Waals surface area (Å²) in [6, 6.07) is 6.91. The molecule has 3 aromatic rings. The van der Waals surface area contributed by atoms with Crippen LogP contribution in [0.1, 0.15) is 38.8 Å². The number of nitrogens with one attached hydrogen (secondary N) is 1. The molecule has 9 nitrogen and oxygen atoms in total. The molecular weight excluding hydrogens is 438 g/mol. The van der Waals surface area contributed by atoms with E-state index in [-0.39, 0.29) is 11.7 Å². The molecule has 0 spiro atoms. The maximum Gasteiger partial charge on any atom is 0.273 e. The van der Waals surface area contributed by atoms with Crippen LogP contribution in [0.5, 0.6) is 23.0 Å². The van der Waals surface area contributed by atoms with E-state index >= 15 is 0 Å². The first-order chi connectivity index (χ1) is 16.4. The van der Waals surface area contributed by atoms with Gasteiger partial charge in [0.25, 0.3) is 5.91 Å². The van der Waals surface area contributed by atoms with E-state index in [1.54, 1.807) is 33.3 Å². The average molecular weight is 468 g/mol. The van der Waals surface area contributed by atoms with Crippen molar-refractivity contribution in [2.75, 3.05) is 41.6 Å². The first-order valence-corrected chi connectivity index (χ1v) is 10.8. The van der Waals surface area contributed by atoms with E-state index in [1.807, 2.05) is 38.1 Å². The summed E-state index contributed by atoms with van der Waals surface area (Å²) in [5.74, 6) is 1.34. The highest BCUT2D eigenvalue weighted by molar-refractivity contribution is 6.00. The van der Waals surface area contributed by atoms with Gasteiger partial charge >= 0.3 is 0 Å². The number of carbonyl (C=O) groups is 1. The maximum atomic E-state index is 13.4. The Morgan fingerprint density at radius 3 is 2.29 bits per heavy atom. The number of phenols is 1. The van der Waals surface area contributed by atoms with Crippen LogP contribution in [-0.4, -0.2) is 67.7 Å². The summed E-state index contributed by atoms with van der Waals surface area (Å²) in [4.78, 5) is 15.1. The molecule has 1 amide bonds. The standard InChI is InChI=1S/C25H29N3O6/c1-13-9-14(2)23(29)16(10-13)20-19-21(27-26-20)25(30)28(7-8-31-3)22(19)15-11-17(32-4)24(34-6)18(12-15)33-5/h9-12,22,29H,7-8H2,1-6H3,(H,26,27). The molecule has 34 heavy (non-hydrogen) atoms. The molecule has 1 aliphatic rings. The lowest BCUT2D eigenvalue weighted by molar-refractivity contribution is 0.0677. The number of phenolic OH excluding ortho intramolecular Hbond substituents is 1. The lowest BCUT2D eigenvalue weighted by Crippen LogP contribution is -2.32. The summed E-state index contributed by atoms with van der Waals surface area (Å²) in [6.45, 7) is 4.51. The second-order valence-corrected chi connectivity index (χ2v) is 8.19. The van der Waals surface area contributed by atoms with Gasteiger partial charge in [0.15, 0.2) is 11.5 Å². The average Bonchev–Trinajstić information content (AvgIpc) is 3.37. The molecule has 4 rings (SSSR count). The van der Waals surface area contributed by atoms with Crippen molar-refractivity contribution in [2.24, 2.45) is 0 Å². The number of nitrogens with zero attached hydrogens (tertiary/aromatic N) is 2. The molecule has 0 radical (unpaired) electrons. The number of hydrogen-bond donors (Lipinski definition) is 2. The molecule has 0 aliphatic carbocycles. The third kappa shape index (κ3) is 3.71. The van der Waals surface area contributed by atoms with E-state index < -0.39 is 6.04 Å². The van der Waals surface area contributed by atoms with Crippen LogP contribution in [0.15, 0.2) is 24.3 Å². The van der Waals surface area contributed by atoms with Crippen molar-refractivity contribution in [1.82, 2.24) is 15.1 Å². The second-order valence-electron chi connectivity index (χ2n) is 8.19. The van der Waals surface area contributed by atoms with E-state index in [4.69, 9.17) is 18.9 Å². The fourth-order valence-electron chi connectivity index (χ4n) is 4.57. The number of hydrogen-bond acceptors (Lipinski definition) is 7. The summed E-state index contributed by atoms with van der Waals surface area (Å²) >= 11 is 0. The van der Waals surface area contributed by atoms with Crippen LogP contribution >= 0.6 is 0 Å². The molecule has 1 unspecified atom stereocenters. The molecule has 1 aliphatic heterocycles. The SMILES string of the molecule is COCCN1C(=O)c2[nH]nc(-c3cc(C)cc(C)c3O)c2C1c1cc(OC)c(OC)c(OC)c1. The minimum absolute atomic E-state index is 0.131. The van der Waals surface area contributed by atoms with E-state index in [0.717, 1.165) is 16.7 Å². The first-order valence-electron chi connectivity index (χ1n) is 10.8. The molecule has 180 valence electrons. The fourth-order valence-corrected chi connectivity index (χ4v) is 4.57. The van der Waals surface area contributed by atoms with Crippen molar-refractivity contribution in [2.45, 2.75) is 19.9 Å². The number of ether oxygens (including phenoxy) is 4. The third-order valence-electron chi connectivity index (χ3n) is 6.10. The number of amides is 1. The Balaban J connectivity index is 1.97. The lowest BCUT2D eigenvalue weighted by atomic mass is 9.93. The number of rotatable bonds is 8. The lowest BCUT2D eigenvalue weighted by Gasteiger charge is -2.27. The largest absolute Gasteiger partial charge is 0.507 e. The number of carbonyl (C=O) groups excluding carboxylic acids is 1. The van der Waals surface area contributed by atoms with Crippen LogP contribution in [0, 0.1) is 13.8 Å². The van der Waals surface area contributed by atoms with Gasteiger partial charge in [-0.25, -0.2) is 0 Å². The Bertz CT molecular complexity index is 1210. The number of aromatic nitrogens is 2. The zero-order chi connectivity index (χ0) is 24.6. The summed E-state index contributed by atoms with van der Waals surface area (Å²) in [6.07, 6.45) is 0. The monoisotopic (exact) mass is 467 g/mol. The maximum absolute atomic E-state index is 13.4. The molecule has 0 bridgehead atoms. The van der Waals surface area contributed by atoms with Gasteiger partial charge in [0.2, 0.25) is 5.75 Å². The number of aromatic hydroxyl groups is 1. The van der Waals surface area contributed by atoms with Gasteiger partial charge in [0.1, 0.15) is 17.1 Å². The first kappa shape index (κ1) is 23.4. The van der Waals surface area contributed by atoms with Gasteiger partial charge < -0.3 is 29.0 Å². The summed E-state index contributed by atoms with van der Waals surface area (Å²) in [5.41, 5.74) is 4.60. The zero-order valence-electron chi connectivity index (χ0n) is 20.2. The fraction of sp³-hybridized carbons (Fsp3) is 0.360. The minimum atomic E-state index is -0.514. The Morgan fingerprint density at radius 2 is 1.71 bits per heavy atom. The Hall–Kier alpha value is -3.72. The second kappa shape index (κ2) is 9.26. The molecular formula is C25H29N3O6. The van der Waals surface area contributed by atoms with Crippen molar-refractivity contribution >= 4 is 5.91 Å². The Labute approximate surface area is 198 Å². The molecule has 2 aromatic carbocycles. The van der Waals surface area contributed by atoms with Crippen molar-refractivity contribution in [3.63, 3.8) is 0 Å². The Kier molecular flexibility index (Phi) is 6.39. The quantitative estimate of drug-likeness (QED) is 0.521. The van der Waals surface area contributed by atoms with Crippen molar-refractivity contribution in [1.29, 1.82) is 0 Å². The predicted octanol–water partition coefficient (Wildman–Crippen LogP) is 3.62. The Morgan fingerprint density at radius 1 is 1.03 bits per heavy atom. The summed E-state index contributed by atoms with van der Waals surface area (Å²) in [5, 5.41) is 18.2. The van der Waals surface area contributed by atoms with Crippen molar-refractivity contribution < 1.29 is 28.8 Å². The van der Waals surface area contributed by atoms with E-state index in [1.165, 1.54) is 0 Å². The van der Waals surface area contributed by atoms with Gasteiger partial charge in [-0.15, -0.1) is 0 Å². The van der Waals surface area contributed by atoms with Crippen LogP contribution in [0.2, 0.25) is 0 Å². The highest BCUT2D eigenvalue weighted by Gasteiger charge is 2.43. The van der Waals surface area contributed by atoms with Crippen molar-refractivity contribution in [3.05, 3.63) is 52.2 Å². The zero-order valence-corrected chi connectivity index (χ0v) is 20.2. The van der Waals surface area contributed by atoms with Gasteiger partial charge in [-0.05, 0) is 48.7 Å². The summed E-state index contributed by atoms with van der Waals surface area (Å²) < 4.78 is 21.9.